The zero-order valence-corrected chi connectivity index (χ0v) is 16.0. The standard InChI is InChI=1S/C21H19F2N3O4/c1-10-4-12(23)18-14(5-10)24-9-25-21(18)26-13-3-2-11(22)6-16(13)30-17-8-29-19-15(27)7-28-20(17)19/h2-6,9,15,17,19-20,27H,7-8H2,1H3,(H,24,25,26). The number of hydrogen-bond acceptors (Lipinski definition) is 7. The number of benzene rings is 2. The van der Waals surface area contributed by atoms with Gasteiger partial charge in [-0.1, -0.05) is 0 Å². The maximum atomic E-state index is 14.6. The Bertz CT molecular complexity index is 1110. The van der Waals surface area contributed by atoms with E-state index in [1.807, 2.05) is 0 Å². The van der Waals surface area contributed by atoms with Crippen LogP contribution in [-0.2, 0) is 9.47 Å². The third kappa shape index (κ3) is 3.34. The zero-order chi connectivity index (χ0) is 20.8. The lowest BCUT2D eigenvalue weighted by Gasteiger charge is -2.20. The molecule has 5 rings (SSSR count). The van der Waals surface area contributed by atoms with Gasteiger partial charge in [-0.3, -0.25) is 0 Å². The predicted molar refractivity (Wildman–Crippen MR) is 104 cm³/mol. The van der Waals surface area contributed by atoms with E-state index in [9.17, 15) is 13.9 Å². The number of halogens is 2. The average molecular weight is 415 g/mol. The first-order valence-corrected chi connectivity index (χ1v) is 9.55. The van der Waals surface area contributed by atoms with Gasteiger partial charge in [0, 0.05) is 6.07 Å². The molecule has 2 saturated heterocycles. The van der Waals surface area contributed by atoms with Crippen molar-refractivity contribution in [3.63, 3.8) is 0 Å². The molecule has 156 valence electrons. The van der Waals surface area contributed by atoms with Crippen LogP contribution in [0, 0.1) is 18.6 Å². The van der Waals surface area contributed by atoms with Crippen LogP contribution in [0.3, 0.4) is 0 Å². The van der Waals surface area contributed by atoms with Crippen molar-refractivity contribution < 1.29 is 28.1 Å². The SMILES string of the molecule is Cc1cc(F)c2c(Nc3ccc(F)cc3OC3COC4C(O)COC34)ncnc2c1. The quantitative estimate of drug-likeness (QED) is 0.678. The van der Waals surface area contributed by atoms with Crippen molar-refractivity contribution >= 4 is 22.4 Å². The summed E-state index contributed by atoms with van der Waals surface area (Å²) in [4.78, 5) is 8.29. The van der Waals surface area contributed by atoms with E-state index in [1.54, 1.807) is 13.0 Å². The molecule has 9 heteroatoms. The summed E-state index contributed by atoms with van der Waals surface area (Å²) >= 11 is 0. The van der Waals surface area contributed by atoms with Crippen molar-refractivity contribution in [3.05, 3.63) is 53.9 Å². The molecule has 0 spiro atoms. The van der Waals surface area contributed by atoms with E-state index in [1.165, 1.54) is 30.6 Å². The number of anilines is 2. The van der Waals surface area contributed by atoms with Crippen molar-refractivity contribution in [2.45, 2.75) is 31.3 Å². The summed E-state index contributed by atoms with van der Waals surface area (Å²) in [6.45, 7) is 2.14. The lowest BCUT2D eigenvalue weighted by molar-refractivity contribution is 0.00871. The number of nitrogens with zero attached hydrogens (tertiary/aromatic N) is 2. The van der Waals surface area contributed by atoms with Gasteiger partial charge in [0.2, 0.25) is 0 Å². The molecule has 1 aromatic heterocycles. The van der Waals surface area contributed by atoms with E-state index < -0.39 is 36.1 Å². The minimum Gasteiger partial charge on any atom is -0.483 e. The third-order valence-corrected chi connectivity index (χ3v) is 5.29. The van der Waals surface area contributed by atoms with Gasteiger partial charge < -0.3 is 24.6 Å². The lowest BCUT2D eigenvalue weighted by Crippen LogP contribution is -2.34. The number of nitrogens with one attached hydrogen (secondary N) is 1. The summed E-state index contributed by atoms with van der Waals surface area (Å²) in [5.41, 5.74) is 1.60. The first kappa shape index (κ1) is 19.1. The maximum Gasteiger partial charge on any atom is 0.151 e. The van der Waals surface area contributed by atoms with Crippen LogP contribution >= 0.6 is 0 Å². The van der Waals surface area contributed by atoms with Crippen LogP contribution in [-0.4, -0.2) is 52.7 Å². The molecule has 0 bridgehead atoms. The van der Waals surface area contributed by atoms with E-state index in [-0.39, 0.29) is 30.2 Å². The van der Waals surface area contributed by atoms with Gasteiger partial charge >= 0.3 is 0 Å². The number of hydrogen-bond donors (Lipinski definition) is 2. The van der Waals surface area contributed by atoms with Crippen molar-refractivity contribution in [2.24, 2.45) is 0 Å². The number of rotatable bonds is 4. The molecule has 3 heterocycles. The van der Waals surface area contributed by atoms with E-state index in [0.29, 0.717) is 11.2 Å². The van der Waals surface area contributed by atoms with Gasteiger partial charge in [0.05, 0.1) is 29.8 Å². The molecular weight excluding hydrogens is 396 g/mol. The predicted octanol–water partition coefficient (Wildman–Crippen LogP) is 2.87. The first-order valence-electron chi connectivity index (χ1n) is 9.55. The lowest BCUT2D eigenvalue weighted by atomic mass is 10.1. The number of aromatic nitrogens is 2. The Balaban J connectivity index is 1.47. The maximum absolute atomic E-state index is 14.6. The van der Waals surface area contributed by atoms with Crippen LogP contribution in [0.1, 0.15) is 5.56 Å². The summed E-state index contributed by atoms with van der Waals surface area (Å²) in [6.07, 6.45) is -0.820. The van der Waals surface area contributed by atoms with Gasteiger partial charge in [-0.2, -0.15) is 0 Å². The van der Waals surface area contributed by atoms with E-state index in [2.05, 4.69) is 15.3 Å². The number of ether oxygens (including phenoxy) is 3. The minimum absolute atomic E-state index is 0.162. The third-order valence-electron chi connectivity index (χ3n) is 5.29. The molecule has 2 N–H and O–H groups in total. The average Bonchev–Trinajstić information content (AvgIpc) is 3.27. The Labute approximate surface area is 170 Å². The Kier molecular flexibility index (Phi) is 4.73. The van der Waals surface area contributed by atoms with Crippen LogP contribution in [0.15, 0.2) is 36.7 Å². The van der Waals surface area contributed by atoms with Crippen LogP contribution in [0.25, 0.3) is 10.9 Å². The molecule has 30 heavy (non-hydrogen) atoms. The normalized spacial score (nSPS) is 25.5. The van der Waals surface area contributed by atoms with Gasteiger partial charge in [-0.05, 0) is 36.8 Å². The second-order valence-electron chi connectivity index (χ2n) is 7.45. The van der Waals surface area contributed by atoms with E-state index in [4.69, 9.17) is 14.2 Å². The summed E-state index contributed by atoms with van der Waals surface area (Å²) in [6, 6.07) is 7.14. The van der Waals surface area contributed by atoms with Gasteiger partial charge in [0.25, 0.3) is 0 Å². The van der Waals surface area contributed by atoms with Gasteiger partial charge in [0.15, 0.2) is 6.10 Å². The molecule has 4 atom stereocenters. The van der Waals surface area contributed by atoms with Crippen molar-refractivity contribution in [3.8, 4) is 5.75 Å². The smallest absolute Gasteiger partial charge is 0.151 e. The Morgan fingerprint density at radius 1 is 1.10 bits per heavy atom. The van der Waals surface area contributed by atoms with Crippen LogP contribution in [0.5, 0.6) is 5.75 Å². The molecule has 0 radical (unpaired) electrons. The fourth-order valence-corrected chi connectivity index (χ4v) is 3.90. The topological polar surface area (TPSA) is 85.7 Å². The van der Waals surface area contributed by atoms with Crippen molar-refractivity contribution in [1.82, 2.24) is 9.97 Å². The van der Waals surface area contributed by atoms with Gasteiger partial charge in [-0.25, -0.2) is 18.7 Å². The highest BCUT2D eigenvalue weighted by Crippen LogP contribution is 2.35. The molecule has 2 aliphatic rings. The van der Waals surface area contributed by atoms with Crippen LogP contribution in [0.4, 0.5) is 20.3 Å². The Morgan fingerprint density at radius 3 is 2.80 bits per heavy atom. The number of aliphatic hydroxyl groups is 1. The minimum atomic E-state index is -0.715. The second-order valence-corrected chi connectivity index (χ2v) is 7.45. The molecule has 4 unspecified atom stereocenters. The zero-order valence-electron chi connectivity index (χ0n) is 16.0. The van der Waals surface area contributed by atoms with Gasteiger partial charge in [0.1, 0.15) is 47.8 Å². The first-order chi connectivity index (χ1) is 14.5. The highest BCUT2D eigenvalue weighted by molar-refractivity contribution is 5.92. The summed E-state index contributed by atoms with van der Waals surface area (Å²) in [7, 11) is 0. The van der Waals surface area contributed by atoms with E-state index >= 15 is 0 Å². The molecule has 0 amide bonds. The molecule has 7 nitrogen and oxygen atoms in total. The number of aryl methyl sites for hydroxylation is 1. The van der Waals surface area contributed by atoms with Crippen LogP contribution in [0.2, 0.25) is 0 Å². The largest absolute Gasteiger partial charge is 0.483 e. The molecule has 2 aromatic carbocycles. The number of aliphatic hydroxyl groups excluding tert-OH is 1. The highest BCUT2D eigenvalue weighted by Gasteiger charge is 2.48. The molecule has 0 aliphatic carbocycles. The van der Waals surface area contributed by atoms with Gasteiger partial charge in [-0.15, -0.1) is 0 Å². The fourth-order valence-electron chi connectivity index (χ4n) is 3.90. The summed E-state index contributed by atoms with van der Waals surface area (Å²) in [5.74, 6) is -0.513. The molecule has 3 aromatic rings. The highest BCUT2D eigenvalue weighted by atomic mass is 19.1. The number of fused-ring (bicyclic) bond motifs is 2. The van der Waals surface area contributed by atoms with Crippen LogP contribution < -0.4 is 10.1 Å². The fraction of sp³-hybridized carbons (Fsp3) is 0.333. The van der Waals surface area contributed by atoms with Crippen molar-refractivity contribution in [1.29, 1.82) is 0 Å². The molecule has 2 fully saturated rings. The molecule has 2 aliphatic heterocycles. The Morgan fingerprint density at radius 2 is 1.93 bits per heavy atom. The second kappa shape index (κ2) is 7.42. The Hall–Kier alpha value is -2.88. The van der Waals surface area contributed by atoms with E-state index in [0.717, 1.165) is 5.56 Å². The van der Waals surface area contributed by atoms with Crippen molar-refractivity contribution in [2.75, 3.05) is 18.5 Å². The summed E-state index contributed by atoms with van der Waals surface area (Å²) < 4.78 is 45.7. The molecular formula is C21H19F2N3O4. The summed E-state index contributed by atoms with van der Waals surface area (Å²) in [5, 5.41) is 13.2. The monoisotopic (exact) mass is 415 g/mol. The molecule has 0 saturated carbocycles.